The van der Waals surface area contributed by atoms with Crippen LogP contribution in [0.15, 0.2) is 42.7 Å². The molecule has 1 atom stereocenters. The predicted octanol–water partition coefficient (Wildman–Crippen LogP) is 3.21. The Kier molecular flexibility index (Phi) is 3.99. The molecule has 0 aliphatic heterocycles. The first-order chi connectivity index (χ1) is 8.65. The number of benzene rings is 1. The van der Waals surface area contributed by atoms with Crippen LogP contribution in [0, 0.1) is 11.6 Å². The minimum absolute atomic E-state index is 0.0638. The van der Waals surface area contributed by atoms with Crippen molar-refractivity contribution in [3.8, 4) is 0 Å². The van der Waals surface area contributed by atoms with Crippen LogP contribution in [0.1, 0.15) is 24.1 Å². The lowest BCUT2D eigenvalue weighted by Crippen LogP contribution is -2.18. The van der Waals surface area contributed by atoms with Crippen LogP contribution in [0.25, 0.3) is 0 Å². The number of rotatable bonds is 4. The highest BCUT2D eigenvalue weighted by Crippen LogP contribution is 2.13. The molecule has 0 fully saturated rings. The molecule has 4 heteroatoms. The van der Waals surface area contributed by atoms with Gasteiger partial charge in [-0.25, -0.2) is 8.78 Å². The zero-order valence-corrected chi connectivity index (χ0v) is 10.0. The highest BCUT2D eigenvalue weighted by atomic mass is 19.1. The fraction of sp³-hybridized carbons (Fsp3) is 0.214. The summed E-state index contributed by atoms with van der Waals surface area (Å²) in [6, 6.07) is 7.83. The minimum atomic E-state index is -0.344. The van der Waals surface area contributed by atoms with Crippen LogP contribution in [-0.4, -0.2) is 4.98 Å². The van der Waals surface area contributed by atoms with E-state index in [2.05, 4.69) is 10.3 Å². The molecule has 0 spiro atoms. The van der Waals surface area contributed by atoms with Gasteiger partial charge >= 0.3 is 0 Å². The predicted molar refractivity (Wildman–Crippen MR) is 65.8 cm³/mol. The average molecular weight is 248 g/mol. The molecule has 2 nitrogen and oxygen atoms in total. The average Bonchev–Trinajstić information content (AvgIpc) is 2.37. The van der Waals surface area contributed by atoms with E-state index in [1.807, 2.05) is 6.92 Å². The van der Waals surface area contributed by atoms with Crippen molar-refractivity contribution in [3.63, 3.8) is 0 Å². The maximum absolute atomic E-state index is 12.9. The summed E-state index contributed by atoms with van der Waals surface area (Å²) < 4.78 is 25.7. The number of halogens is 2. The number of nitrogens with one attached hydrogen (secondary N) is 1. The standard InChI is InChI=1S/C14H14F2N2/c1-10(12-2-4-13(15)5-3-12)18-8-11-6-14(16)9-17-7-11/h2-7,9-10,18H,8H2,1H3/t10-/m0/s1. The number of nitrogens with zero attached hydrogens (tertiary/aromatic N) is 1. The summed E-state index contributed by atoms with van der Waals surface area (Å²) in [5, 5.41) is 3.23. The van der Waals surface area contributed by atoms with Crippen molar-refractivity contribution in [1.29, 1.82) is 0 Å². The van der Waals surface area contributed by atoms with Crippen LogP contribution in [0.4, 0.5) is 8.78 Å². The SMILES string of the molecule is C[C@H](NCc1cncc(F)c1)c1ccc(F)cc1. The Hall–Kier alpha value is -1.81. The highest BCUT2D eigenvalue weighted by Gasteiger charge is 2.05. The van der Waals surface area contributed by atoms with Crippen molar-refractivity contribution in [2.45, 2.75) is 19.5 Å². The Bertz CT molecular complexity index is 511. The number of aromatic nitrogens is 1. The van der Waals surface area contributed by atoms with Crippen molar-refractivity contribution in [2.24, 2.45) is 0 Å². The van der Waals surface area contributed by atoms with Gasteiger partial charge in [0.05, 0.1) is 6.20 Å². The van der Waals surface area contributed by atoms with Gasteiger partial charge in [-0.05, 0) is 36.2 Å². The molecule has 0 bridgehead atoms. The Balaban J connectivity index is 1.96. The van der Waals surface area contributed by atoms with Crippen LogP contribution in [0.3, 0.4) is 0 Å². The first-order valence-corrected chi connectivity index (χ1v) is 5.73. The fourth-order valence-electron chi connectivity index (χ4n) is 1.69. The Labute approximate surface area is 105 Å². The van der Waals surface area contributed by atoms with Gasteiger partial charge in [0, 0.05) is 18.8 Å². The van der Waals surface area contributed by atoms with Crippen LogP contribution in [-0.2, 0) is 6.54 Å². The van der Waals surface area contributed by atoms with Gasteiger partial charge in [-0.15, -0.1) is 0 Å². The van der Waals surface area contributed by atoms with Crippen LogP contribution < -0.4 is 5.32 Å². The monoisotopic (exact) mass is 248 g/mol. The molecule has 2 rings (SSSR count). The smallest absolute Gasteiger partial charge is 0.141 e. The first kappa shape index (κ1) is 12.6. The summed E-state index contributed by atoms with van der Waals surface area (Å²) in [6.45, 7) is 2.49. The Morgan fingerprint density at radius 3 is 2.50 bits per heavy atom. The summed E-state index contributed by atoms with van der Waals surface area (Å²) in [5.41, 5.74) is 1.77. The summed E-state index contributed by atoms with van der Waals surface area (Å²) in [5.74, 6) is -0.594. The van der Waals surface area contributed by atoms with Crippen LogP contribution in [0.2, 0.25) is 0 Å². The zero-order valence-electron chi connectivity index (χ0n) is 10.0. The molecule has 1 aromatic carbocycles. The topological polar surface area (TPSA) is 24.9 Å². The number of pyridine rings is 1. The Morgan fingerprint density at radius 1 is 1.11 bits per heavy atom. The van der Waals surface area contributed by atoms with E-state index >= 15 is 0 Å². The Morgan fingerprint density at radius 2 is 1.83 bits per heavy atom. The quantitative estimate of drug-likeness (QED) is 0.898. The van der Waals surface area contributed by atoms with Gasteiger partial charge < -0.3 is 5.32 Å². The molecule has 1 aromatic heterocycles. The van der Waals surface area contributed by atoms with E-state index in [0.717, 1.165) is 11.1 Å². The third-order valence-corrected chi connectivity index (χ3v) is 2.74. The van der Waals surface area contributed by atoms with Gasteiger partial charge in [-0.2, -0.15) is 0 Å². The van der Waals surface area contributed by atoms with E-state index in [9.17, 15) is 8.78 Å². The van der Waals surface area contributed by atoms with E-state index in [-0.39, 0.29) is 17.7 Å². The molecule has 94 valence electrons. The maximum Gasteiger partial charge on any atom is 0.141 e. The molecule has 0 unspecified atom stereocenters. The lowest BCUT2D eigenvalue weighted by Gasteiger charge is -2.14. The number of hydrogen-bond donors (Lipinski definition) is 1. The zero-order chi connectivity index (χ0) is 13.0. The second-order valence-electron chi connectivity index (χ2n) is 4.17. The van der Waals surface area contributed by atoms with E-state index in [1.54, 1.807) is 18.3 Å². The lowest BCUT2D eigenvalue weighted by molar-refractivity contribution is 0.564. The van der Waals surface area contributed by atoms with Crippen molar-refractivity contribution >= 4 is 0 Å². The van der Waals surface area contributed by atoms with E-state index in [4.69, 9.17) is 0 Å². The van der Waals surface area contributed by atoms with Crippen LogP contribution >= 0.6 is 0 Å². The van der Waals surface area contributed by atoms with Crippen molar-refractivity contribution in [3.05, 3.63) is 65.5 Å². The lowest BCUT2D eigenvalue weighted by atomic mass is 10.1. The molecule has 0 saturated carbocycles. The van der Waals surface area contributed by atoms with E-state index < -0.39 is 0 Å². The molecular weight excluding hydrogens is 234 g/mol. The van der Waals surface area contributed by atoms with E-state index in [1.165, 1.54) is 24.4 Å². The molecule has 0 amide bonds. The van der Waals surface area contributed by atoms with Gasteiger partial charge in [-0.1, -0.05) is 12.1 Å². The van der Waals surface area contributed by atoms with Gasteiger partial charge in [0.15, 0.2) is 0 Å². The molecule has 0 aliphatic carbocycles. The van der Waals surface area contributed by atoms with E-state index in [0.29, 0.717) is 6.54 Å². The van der Waals surface area contributed by atoms with Gasteiger partial charge in [0.1, 0.15) is 11.6 Å². The van der Waals surface area contributed by atoms with Gasteiger partial charge in [0.25, 0.3) is 0 Å². The molecule has 2 aromatic rings. The second-order valence-corrected chi connectivity index (χ2v) is 4.17. The van der Waals surface area contributed by atoms with Gasteiger partial charge in [0.2, 0.25) is 0 Å². The molecule has 1 N–H and O–H groups in total. The molecule has 0 radical (unpaired) electrons. The minimum Gasteiger partial charge on any atom is -0.306 e. The molecule has 18 heavy (non-hydrogen) atoms. The molecule has 1 heterocycles. The summed E-state index contributed by atoms with van der Waals surface area (Å²) in [7, 11) is 0. The third kappa shape index (κ3) is 3.34. The third-order valence-electron chi connectivity index (χ3n) is 2.74. The molecule has 0 saturated heterocycles. The molecule has 0 aliphatic rings. The normalized spacial score (nSPS) is 12.4. The fourth-order valence-corrected chi connectivity index (χ4v) is 1.69. The maximum atomic E-state index is 12.9. The number of hydrogen-bond acceptors (Lipinski definition) is 2. The van der Waals surface area contributed by atoms with Crippen molar-refractivity contribution < 1.29 is 8.78 Å². The first-order valence-electron chi connectivity index (χ1n) is 5.73. The van der Waals surface area contributed by atoms with Crippen molar-refractivity contribution in [1.82, 2.24) is 10.3 Å². The summed E-state index contributed by atoms with van der Waals surface area (Å²) in [4.78, 5) is 3.78. The summed E-state index contributed by atoms with van der Waals surface area (Å²) >= 11 is 0. The van der Waals surface area contributed by atoms with Crippen LogP contribution in [0.5, 0.6) is 0 Å². The highest BCUT2D eigenvalue weighted by molar-refractivity contribution is 5.19. The van der Waals surface area contributed by atoms with Gasteiger partial charge in [-0.3, -0.25) is 4.98 Å². The second kappa shape index (κ2) is 5.69. The summed E-state index contributed by atoms with van der Waals surface area (Å²) in [6.07, 6.45) is 2.79. The largest absolute Gasteiger partial charge is 0.306 e. The van der Waals surface area contributed by atoms with Crippen molar-refractivity contribution in [2.75, 3.05) is 0 Å². The molecular formula is C14H14F2N2.